The highest BCUT2D eigenvalue weighted by Crippen LogP contribution is 2.40. The summed E-state index contributed by atoms with van der Waals surface area (Å²) < 4.78 is 13.1. The van der Waals surface area contributed by atoms with Crippen molar-refractivity contribution < 1.29 is 14.0 Å². The van der Waals surface area contributed by atoms with Crippen LogP contribution in [0.1, 0.15) is 35.2 Å². The summed E-state index contributed by atoms with van der Waals surface area (Å²) in [5.41, 5.74) is 0.986. The fourth-order valence-electron chi connectivity index (χ4n) is 4.21. The maximum absolute atomic E-state index is 13.2. The SMILES string of the molecule is O=C(c1cccnc1)N1CC[C@]2(CCCN(Cc3ccc(F)cc3)C2=O)C1. The van der Waals surface area contributed by atoms with E-state index in [9.17, 15) is 14.0 Å². The Bertz CT molecular complexity index is 840. The van der Waals surface area contributed by atoms with Gasteiger partial charge in [-0.2, -0.15) is 0 Å². The molecule has 140 valence electrons. The third-order valence-electron chi connectivity index (χ3n) is 5.66. The van der Waals surface area contributed by atoms with Crippen molar-refractivity contribution in [1.82, 2.24) is 14.8 Å². The molecule has 5 nitrogen and oxygen atoms in total. The van der Waals surface area contributed by atoms with Crippen LogP contribution in [0.15, 0.2) is 48.8 Å². The lowest BCUT2D eigenvalue weighted by Gasteiger charge is -2.39. The minimum absolute atomic E-state index is 0.0663. The zero-order valence-electron chi connectivity index (χ0n) is 15.1. The average Bonchev–Trinajstić information content (AvgIpc) is 3.12. The molecule has 27 heavy (non-hydrogen) atoms. The van der Waals surface area contributed by atoms with E-state index in [0.29, 0.717) is 38.2 Å². The summed E-state index contributed by atoms with van der Waals surface area (Å²) in [6.45, 7) is 2.23. The number of pyridine rings is 1. The molecule has 0 saturated carbocycles. The lowest BCUT2D eigenvalue weighted by atomic mass is 9.78. The highest BCUT2D eigenvalue weighted by molar-refractivity contribution is 5.95. The van der Waals surface area contributed by atoms with Crippen LogP contribution in [-0.4, -0.2) is 46.2 Å². The van der Waals surface area contributed by atoms with Gasteiger partial charge in [-0.1, -0.05) is 12.1 Å². The summed E-state index contributed by atoms with van der Waals surface area (Å²) in [6.07, 6.45) is 5.62. The molecular formula is C21H22FN3O2. The molecule has 1 spiro atoms. The van der Waals surface area contributed by atoms with E-state index < -0.39 is 5.41 Å². The van der Waals surface area contributed by atoms with Crippen molar-refractivity contribution in [3.8, 4) is 0 Å². The number of likely N-dealkylation sites (tertiary alicyclic amines) is 2. The zero-order valence-corrected chi connectivity index (χ0v) is 15.1. The number of rotatable bonds is 3. The Labute approximate surface area is 157 Å². The molecule has 2 amide bonds. The number of halogens is 1. The lowest BCUT2D eigenvalue weighted by molar-refractivity contribution is -0.146. The first-order valence-corrected chi connectivity index (χ1v) is 9.31. The molecule has 2 saturated heterocycles. The van der Waals surface area contributed by atoms with Gasteiger partial charge in [0.1, 0.15) is 5.82 Å². The van der Waals surface area contributed by atoms with Gasteiger partial charge in [0.2, 0.25) is 5.91 Å². The number of carbonyl (C=O) groups is 2. The average molecular weight is 367 g/mol. The third-order valence-corrected chi connectivity index (χ3v) is 5.66. The number of hydrogen-bond acceptors (Lipinski definition) is 3. The second-order valence-corrected chi connectivity index (χ2v) is 7.46. The van der Waals surface area contributed by atoms with Gasteiger partial charge in [-0.15, -0.1) is 0 Å². The van der Waals surface area contributed by atoms with E-state index >= 15 is 0 Å². The summed E-state index contributed by atoms with van der Waals surface area (Å²) >= 11 is 0. The minimum atomic E-state index is -0.490. The molecule has 0 N–H and O–H groups in total. The quantitative estimate of drug-likeness (QED) is 0.838. The van der Waals surface area contributed by atoms with Crippen molar-refractivity contribution in [1.29, 1.82) is 0 Å². The predicted molar refractivity (Wildman–Crippen MR) is 98.2 cm³/mol. The highest BCUT2D eigenvalue weighted by Gasteiger charge is 2.49. The smallest absolute Gasteiger partial charge is 0.255 e. The fraction of sp³-hybridized carbons (Fsp3) is 0.381. The van der Waals surface area contributed by atoms with Crippen molar-refractivity contribution in [2.45, 2.75) is 25.8 Å². The maximum atomic E-state index is 13.2. The first-order chi connectivity index (χ1) is 13.1. The van der Waals surface area contributed by atoms with E-state index in [4.69, 9.17) is 0 Å². The molecule has 0 aliphatic carbocycles. The van der Waals surface area contributed by atoms with Crippen LogP contribution in [0.4, 0.5) is 4.39 Å². The Balaban J connectivity index is 1.47. The lowest BCUT2D eigenvalue weighted by Crippen LogP contribution is -2.50. The monoisotopic (exact) mass is 367 g/mol. The van der Waals surface area contributed by atoms with Crippen molar-refractivity contribution >= 4 is 11.8 Å². The molecule has 0 unspecified atom stereocenters. The van der Waals surface area contributed by atoms with E-state index in [1.165, 1.54) is 12.1 Å². The first-order valence-electron chi connectivity index (χ1n) is 9.31. The van der Waals surface area contributed by atoms with Crippen LogP contribution < -0.4 is 0 Å². The van der Waals surface area contributed by atoms with Crippen molar-refractivity contribution in [3.05, 3.63) is 65.7 Å². The van der Waals surface area contributed by atoms with Crippen LogP contribution in [0.3, 0.4) is 0 Å². The molecule has 2 aromatic rings. The molecule has 1 atom stereocenters. The van der Waals surface area contributed by atoms with Crippen molar-refractivity contribution in [2.75, 3.05) is 19.6 Å². The molecule has 2 aliphatic rings. The summed E-state index contributed by atoms with van der Waals surface area (Å²) in [7, 11) is 0. The van der Waals surface area contributed by atoms with Gasteiger partial charge in [0.05, 0.1) is 11.0 Å². The summed E-state index contributed by atoms with van der Waals surface area (Å²) in [5, 5.41) is 0. The summed E-state index contributed by atoms with van der Waals surface area (Å²) in [6, 6.07) is 9.78. The molecule has 6 heteroatoms. The van der Waals surface area contributed by atoms with Gasteiger partial charge >= 0.3 is 0 Å². The number of benzene rings is 1. The van der Waals surface area contributed by atoms with Crippen LogP contribution in [0, 0.1) is 11.2 Å². The van der Waals surface area contributed by atoms with E-state index in [2.05, 4.69) is 4.98 Å². The van der Waals surface area contributed by atoms with E-state index in [-0.39, 0.29) is 17.6 Å². The molecule has 1 aromatic carbocycles. The largest absolute Gasteiger partial charge is 0.338 e. The van der Waals surface area contributed by atoms with Crippen molar-refractivity contribution in [2.24, 2.45) is 5.41 Å². The first kappa shape index (κ1) is 17.6. The molecular weight excluding hydrogens is 345 g/mol. The van der Waals surface area contributed by atoms with Gasteiger partial charge in [-0.05, 0) is 49.1 Å². The second-order valence-electron chi connectivity index (χ2n) is 7.46. The Hall–Kier alpha value is -2.76. The van der Waals surface area contributed by atoms with Gasteiger partial charge in [0.25, 0.3) is 5.91 Å². The van der Waals surface area contributed by atoms with E-state index in [1.54, 1.807) is 41.6 Å². The Morgan fingerprint density at radius 1 is 1.15 bits per heavy atom. The summed E-state index contributed by atoms with van der Waals surface area (Å²) in [4.78, 5) is 33.6. The number of carbonyl (C=O) groups excluding carboxylic acids is 2. The second kappa shape index (κ2) is 7.10. The van der Waals surface area contributed by atoms with Crippen LogP contribution in [-0.2, 0) is 11.3 Å². The van der Waals surface area contributed by atoms with Crippen LogP contribution in [0.25, 0.3) is 0 Å². The van der Waals surface area contributed by atoms with Crippen LogP contribution >= 0.6 is 0 Å². The topological polar surface area (TPSA) is 53.5 Å². The Kier molecular flexibility index (Phi) is 4.64. The molecule has 4 rings (SSSR count). The van der Waals surface area contributed by atoms with Crippen molar-refractivity contribution in [3.63, 3.8) is 0 Å². The van der Waals surface area contributed by atoms with Gasteiger partial charge in [0.15, 0.2) is 0 Å². The van der Waals surface area contributed by atoms with E-state index in [1.807, 2.05) is 4.90 Å². The Morgan fingerprint density at radius 2 is 1.96 bits per heavy atom. The minimum Gasteiger partial charge on any atom is -0.338 e. The molecule has 0 bridgehead atoms. The molecule has 2 fully saturated rings. The van der Waals surface area contributed by atoms with Gasteiger partial charge in [0, 0.05) is 38.6 Å². The standard InChI is InChI=1S/C21H22FN3O2/c22-18-6-4-16(5-7-18)14-24-11-2-8-21(20(24)27)9-12-25(15-21)19(26)17-3-1-10-23-13-17/h1,3-7,10,13H,2,8-9,11-12,14-15H2/t21-/m1/s1. The number of amides is 2. The van der Waals surface area contributed by atoms with E-state index in [0.717, 1.165) is 18.4 Å². The summed E-state index contributed by atoms with van der Waals surface area (Å²) in [5.74, 6) is -0.233. The molecule has 3 heterocycles. The molecule has 1 aromatic heterocycles. The fourth-order valence-corrected chi connectivity index (χ4v) is 4.21. The highest BCUT2D eigenvalue weighted by atomic mass is 19.1. The van der Waals surface area contributed by atoms with Crippen LogP contribution in [0.5, 0.6) is 0 Å². The number of hydrogen-bond donors (Lipinski definition) is 0. The third kappa shape index (κ3) is 3.44. The number of aromatic nitrogens is 1. The molecule has 0 radical (unpaired) electrons. The number of piperidine rings is 1. The van der Waals surface area contributed by atoms with Gasteiger partial charge in [-0.3, -0.25) is 14.6 Å². The van der Waals surface area contributed by atoms with Gasteiger partial charge in [-0.25, -0.2) is 4.39 Å². The predicted octanol–water partition coefficient (Wildman–Crippen LogP) is 2.88. The number of nitrogens with zero attached hydrogens (tertiary/aromatic N) is 3. The van der Waals surface area contributed by atoms with Crippen LogP contribution in [0.2, 0.25) is 0 Å². The van der Waals surface area contributed by atoms with Gasteiger partial charge < -0.3 is 9.80 Å². The zero-order chi connectivity index (χ0) is 18.9. The maximum Gasteiger partial charge on any atom is 0.255 e. The Morgan fingerprint density at radius 3 is 2.70 bits per heavy atom. The molecule has 2 aliphatic heterocycles. The normalized spacial score (nSPS) is 22.5.